The number of piperidine rings is 1. The van der Waals surface area contributed by atoms with Crippen LogP contribution in [0.3, 0.4) is 0 Å². The molecule has 0 atom stereocenters. The average molecular weight is 329 g/mol. The number of nitrogens with one attached hydrogen (secondary N) is 2. The Balaban J connectivity index is 1.64. The van der Waals surface area contributed by atoms with Gasteiger partial charge in [-0.15, -0.1) is 0 Å². The Hall–Kier alpha value is -2.14. The van der Waals surface area contributed by atoms with Crippen molar-refractivity contribution in [3.05, 3.63) is 42.0 Å². The van der Waals surface area contributed by atoms with Crippen molar-refractivity contribution in [3.8, 4) is 0 Å². The Labute approximate surface area is 144 Å². The van der Waals surface area contributed by atoms with Crippen LogP contribution in [0.2, 0.25) is 0 Å². The average Bonchev–Trinajstić information content (AvgIpc) is 2.61. The molecule has 1 heterocycles. The predicted octanol–water partition coefficient (Wildman–Crippen LogP) is 1.81. The number of likely N-dealkylation sites (tertiary alicyclic amines) is 1. The fourth-order valence-corrected chi connectivity index (χ4v) is 2.86. The fraction of sp³-hybridized carbons (Fsp3) is 0.474. The van der Waals surface area contributed by atoms with Crippen molar-refractivity contribution < 1.29 is 9.59 Å². The lowest BCUT2D eigenvalue weighted by Crippen LogP contribution is -2.47. The Morgan fingerprint density at radius 2 is 1.92 bits per heavy atom. The molecule has 5 heteroatoms. The minimum atomic E-state index is -0.258. The van der Waals surface area contributed by atoms with Gasteiger partial charge in [0.05, 0.1) is 6.54 Å². The van der Waals surface area contributed by atoms with Crippen LogP contribution in [0.25, 0.3) is 6.08 Å². The first kappa shape index (κ1) is 18.2. The molecule has 0 bridgehead atoms. The van der Waals surface area contributed by atoms with E-state index in [1.807, 2.05) is 30.3 Å². The number of amides is 2. The number of rotatable bonds is 7. The second kappa shape index (κ2) is 9.88. The Morgan fingerprint density at radius 1 is 1.21 bits per heavy atom. The molecule has 0 aromatic heterocycles. The molecular weight excluding hydrogens is 302 g/mol. The van der Waals surface area contributed by atoms with E-state index >= 15 is 0 Å². The SMILES string of the molecule is CCCN1CCC(NC(=O)CNC(=O)/C=C/c2ccccc2)CC1. The summed E-state index contributed by atoms with van der Waals surface area (Å²) in [4.78, 5) is 26.1. The van der Waals surface area contributed by atoms with Crippen molar-refractivity contribution in [2.24, 2.45) is 0 Å². The van der Waals surface area contributed by atoms with E-state index in [1.54, 1.807) is 6.08 Å². The van der Waals surface area contributed by atoms with Gasteiger partial charge in [0.15, 0.2) is 0 Å². The predicted molar refractivity (Wildman–Crippen MR) is 96.4 cm³/mol. The number of carbonyl (C=O) groups is 2. The Bertz CT molecular complexity index is 549. The molecule has 1 aliphatic rings. The molecule has 1 fully saturated rings. The normalized spacial score (nSPS) is 16.2. The van der Waals surface area contributed by atoms with Crippen LogP contribution < -0.4 is 10.6 Å². The standard InChI is InChI=1S/C19H27N3O2/c1-2-12-22-13-10-17(11-14-22)21-19(24)15-20-18(23)9-8-16-6-4-3-5-7-16/h3-9,17H,2,10-15H2,1H3,(H,20,23)(H,21,24)/b9-8+. The van der Waals surface area contributed by atoms with Gasteiger partial charge in [0.1, 0.15) is 0 Å². The summed E-state index contributed by atoms with van der Waals surface area (Å²) < 4.78 is 0. The molecule has 0 radical (unpaired) electrons. The molecule has 0 spiro atoms. The molecule has 24 heavy (non-hydrogen) atoms. The highest BCUT2D eigenvalue weighted by Crippen LogP contribution is 2.10. The van der Waals surface area contributed by atoms with Gasteiger partial charge in [0.25, 0.3) is 0 Å². The van der Waals surface area contributed by atoms with Gasteiger partial charge in [-0.25, -0.2) is 0 Å². The molecule has 2 N–H and O–H groups in total. The lowest BCUT2D eigenvalue weighted by atomic mass is 10.0. The minimum Gasteiger partial charge on any atom is -0.352 e. The number of hydrogen-bond acceptors (Lipinski definition) is 3. The van der Waals surface area contributed by atoms with E-state index in [4.69, 9.17) is 0 Å². The fourth-order valence-electron chi connectivity index (χ4n) is 2.86. The van der Waals surface area contributed by atoms with Gasteiger partial charge >= 0.3 is 0 Å². The van der Waals surface area contributed by atoms with Crippen LogP contribution in [0.4, 0.5) is 0 Å². The van der Waals surface area contributed by atoms with Gasteiger partial charge in [-0.3, -0.25) is 9.59 Å². The van der Waals surface area contributed by atoms with E-state index in [1.165, 1.54) is 12.5 Å². The van der Waals surface area contributed by atoms with Crippen molar-refractivity contribution in [2.75, 3.05) is 26.2 Å². The van der Waals surface area contributed by atoms with Crippen LogP contribution in [0.15, 0.2) is 36.4 Å². The third-order valence-corrected chi connectivity index (χ3v) is 4.14. The molecule has 1 aromatic carbocycles. The van der Waals surface area contributed by atoms with Crippen LogP contribution in [0.5, 0.6) is 0 Å². The van der Waals surface area contributed by atoms with Gasteiger partial charge in [-0.2, -0.15) is 0 Å². The highest BCUT2D eigenvalue weighted by molar-refractivity contribution is 5.94. The Morgan fingerprint density at radius 3 is 2.58 bits per heavy atom. The van der Waals surface area contributed by atoms with E-state index in [0.29, 0.717) is 0 Å². The lowest BCUT2D eigenvalue weighted by Gasteiger charge is -2.32. The van der Waals surface area contributed by atoms with E-state index in [-0.39, 0.29) is 24.4 Å². The zero-order chi connectivity index (χ0) is 17.2. The highest BCUT2D eigenvalue weighted by Gasteiger charge is 2.19. The molecule has 1 aromatic rings. The summed E-state index contributed by atoms with van der Waals surface area (Å²) in [6.07, 6.45) is 6.31. The second-order valence-electron chi connectivity index (χ2n) is 6.15. The largest absolute Gasteiger partial charge is 0.352 e. The summed E-state index contributed by atoms with van der Waals surface area (Å²) in [5, 5.41) is 5.63. The van der Waals surface area contributed by atoms with Crippen LogP contribution in [0, 0.1) is 0 Å². The molecule has 1 saturated heterocycles. The number of hydrogen-bond donors (Lipinski definition) is 2. The highest BCUT2D eigenvalue weighted by atomic mass is 16.2. The summed E-state index contributed by atoms with van der Waals surface area (Å²) in [5.41, 5.74) is 0.955. The molecule has 5 nitrogen and oxygen atoms in total. The van der Waals surface area contributed by atoms with E-state index in [2.05, 4.69) is 22.5 Å². The molecule has 0 aliphatic carbocycles. The summed E-state index contributed by atoms with van der Waals surface area (Å²) >= 11 is 0. The molecule has 1 aliphatic heterocycles. The number of benzene rings is 1. The first-order valence-corrected chi connectivity index (χ1v) is 8.70. The maximum absolute atomic E-state index is 11.9. The van der Waals surface area contributed by atoms with Gasteiger partial charge in [0.2, 0.25) is 11.8 Å². The van der Waals surface area contributed by atoms with Crippen LogP contribution in [-0.4, -0.2) is 48.9 Å². The van der Waals surface area contributed by atoms with Crippen LogP contribution in [0.1, 0.15) is 31.7 Å². The second-order valence-corrected chi connectivity index (χ2v) is 6.15. The van der Waals surface area contributed by atoms with Crippen molar-refractivity contribution in [3.63, 3.8) is 0 Å². The third kappa shape index (κ3) is 6.54. The van der Waals surface area contributed by atoms with Crippen molar-refractivity contribution in [2.45, 2.75) is 32.2 Å². The molecule has 0 saturated carbocycles. The van der Waals surface area contributed by atoms with Crippen molar-refractivity contribution in [1.82, 2.24) is 15.5 Å². The van der Waals surface area contributed by atoms with Gasteiger partial charge in [0, 0.05) is 25.2 Å². The molecular formula is C19H27N3O2. The van der Waals surface area contributed by atoms with Crippen molar-refractivity contribution >= 4 is 17.9 Å². The number of nitrogens with zero attached hydrogens (tertiary/aromatic N) is 1. The third-order valence-electron chi connectivity index (χ3n) is 4.14. The summed E-state index contributed by atoms with van der Waals surface area (Å²) in [6.45, 7) is 5.40. The molecule has 2 amide bonds. The van der Waals surface area contributed by atoms with Crippen molar-refractivity contribution in [1.29, 1.82) is 0 Å². The van der Waals surface area contributed by atoms with Gasteiger partial charge in [-0.1, -0.05) is 37.3 Å². The summed E-state index contributed by atoms with van der Waals surface area (Å²) in [5.74, 6) is -0.378. The molecule has 0 unspecified atom stereocenters. The monoisotopic (exact) mass is 329 g/mol. The molecule has 130 valence electrons. The first-order valence-electron chi connectivity index (χ1n) is 8.70. The Kier molecular flexibility index (Phi) is 7.49. The zero-order valence-corrected chi connectivity index (χ0v) is 14.3. The minimum absolute atomic E-state index is 0.0210. The zero-order valence-electron chi connectivity index (χ0n) is 14.3. The van der Waals surface area contributed by atoms with Crippen LogP contribution >= 0.6 is 0 Å². The van der Waals surface area contributed by atoms with E-state index in [9.17, 15) is 9.59 Å². The maximum atomic E-state index is 11.9. The van der Waals surface area contributed by atoms with Gasteiger partial charge < -0.3 is 15.5 Å². The molecule has 2 rings (SSSR count). The summed E-state index contributed by atoms with van der Waals surface area (Å²) in [6, 6.07) is 9.81. The maximum Gasteiger partial charge on any atom is 0.244 e. The van der Waals surface area contributed by atoms with E-state index < -0.39 is 0 Å². The van der Waals surface area contributed by atoms with E-state index in [0.717, 1.165) is 38.0 Å². The van der Waals surface area contributed by atoms with Gasteiger partial charge in [-0.05, 0) is 37.4 Å². The van der Waals surface area contributed by atoms with Crippen LogP contribution in [-0.2, 0) is 9.59 Å². The number of carbonyl (C=O) groups excluding carboxylic acids is 2. The quantitative estimate of drug-likeness (QED) is 0.750. The lowest BCUT2D eigenvalue weighted by molar-refractivity contribution is -0.124. The topological polar surface area (TPSA) is 61.4 Å². The summed E-state index contributed by atoms with van der Waals surface area (Å²) in [7, 11) is 0. The smallest absolute Gasteiger partial charge is 0.244 e. The first-order chi connectivity index (χ1) is 11.7.